The molecule has 0 aliphatic carbocycles. The molecular weight excluding hydrogens is 576 g/mol. The molecule has 5 nitrogen and oxygen atoms in total. The van der Waals surface area contributed by atoms with Crippen molar-refractivity contribution in [3.8, 4) is 51.4 Å². The molecule has 0 spiro atoms. The second kappa shape index (κ2) is 10.8. The number of rotatable bonds is 4. The van der Waals surface area contributed by atoms with Crippen LogP contribution in [0.25, 0.3) is 88.8 Å². The Hall–Kier alpha value is -6.64. The first kappa shape index (κ1) is 14.2. The molecule has 0 amide bonds. The standard InChI is InChI=1S/C42H24N4O/c43-25-28-15-6-13-26-14-7-20-32(38(26)28)30-18-8-19-31-29(30)17-9-21-33(31)41-44-40(27-11-2-1-3-12-27)45-42(46-41)35-22-10-24-37-39(35)34-16-4-5-23-36(34)47-37/h1-24H/i1D,2D,3D,4D,5D,6D,7D,10D,11D,12D,13D,14D,15D,16D,20D,22D,23D,24D. The fourth-order valence-electron chi connectivity index (χ4n) is 5.59. The lowest BCUT2D eigenvalue weighted by atomic mass is 9.90. The van der Waals surface area contributed by atoms with Crippen molar-refractivity contribution in [1.82, 2.24) is 15.0 Å². The topological polar surface area (TPSA) is 75.6 Å². The summed E-state index contributed by atoms with van der Waals surface area (Å²) in [7, 11) is 0. The van der Waals surface area contributed by atoms with Crippen LogP contribution in [0, 0.1) is 11.3 Å². The van der Waals surface area contributed by atoms with E-state index in [4.69, 9.17) is 34.1 Å². The van der Waals surface area contributed by atoms with E-state index in [9.17, 15) is 5.26 Å². The van der Waals surface area contributed by atoms with Gasteiger partial charge in [-0.05, 0) is 45.4 Å². The highest BCUT2D eigenvalue weighted by molar-refractivity contribution is 6.12. The number of nitrogens with zero attached hydrogens (tertiary/aromatic N) is 4. The molecule has 0 bridgehead atoms. The Kier molecular flexibility index (Phi) is 3.25. The largest absolute Gasteiger partial charge is 0.456 e. The first-order valence-corrected chi connectivity index (χ1v) is 14.0. The molecule has 0 aliphatic rings. The minimum absolute atomic E-state index is 0.0884. The molecule has 0 unspecified atom stereocenters. The zero-order chi connectivity index (χ0) is 47.0. The molecule has 9 rings (SSSR count). The van der Waals surface area contributed by atoms with Crippen LogP contribution in [0.3, 0.4) is 0 Å². The lowest BCUT2D eigenvalue weighted by Crippen LogP contribution is -2.01. The Morgan fingerprint density at radius 1 is 0.511 bits per heavy atom. The zero-order valence-corrected chi connectivity index (χ0v) is 23.7. The van der Waals surface area contributed by atoms with Gasteiger partial charge in [-0.15, -0.1) is 0 Å². The zero-order valence-electron chi connectivity index (χ0n) is 41.7. The van der Waals surface area contributed by atoms with Crippen LogP contribution >= 0.6 is 0 Å². The van der Waals surface area contributed by atoms with E-state index >= 15 is 0 Å². The van der Waals surface area contributed by atoms with Crippen molar-refractivity contribution in [3.05, 3.63) is 151 Å². The van der Waals surface area contributed by atoms with Gasteiger partial charge in [-0.1, -0.05) is 127 Å². The summed E-state index contributed by atoms with van der Waals surface area (Å²) in [5.74, 6) is -1.26. The second-order valence-electron chi connectivity index (χ2n) is 10.1. The van der Waals surface area contributed by atoms with Gasteiger partial charge >= 0.3 is 0 Å². The van der Waals surface area contributed by atoms with Crippen molar-refractivity contribution in [1.29, 1.82) is 5.26 Å². The van der Waals surface area contributed by atoms with Crippen LogP contribution in [0.5, 0.6) is 0 Å². The minimum Gasteiger partial charge on any atom is -0.456 e. The van der Waals surface area contributed by atoms with Crippen molar-refractivity contribution < 1.29 is 29.1 Å². The third kappa shape index (κ3) is 4.35. The van der Waals surface area contributed by atoms with Gasteiger partial charge in [-0.25, -0.2) is 15.0 Å². The van der Waals surface area contributed by atoms with Crippen LogP contribution in [0.2, 0.25) is 0 Å². The van der Waals surface area contributed by atoms with Gasteiger partial charge in [-0.3, -0.25) is 0 Å². The van der Waals surface area contributed by atoms with Gasteiger partial charge in [0.05, 0.1) is 36.3 Å². The van der Waals surface area contributed by atoms with Gasteiger partial charge in [0.15, 0.2) is 17.5 Å². The number of hydrogen-bond donors (Lipinski definition) is 0. The Bertz CT molecular complexity index is 3700. The molecule has 0 atom stereocenters. The van der Waals surface area contributed by atoms with Gasteiger partial charge in [0.2, 0.25) is 0 Å². The van der Waals surface area contributed by atoms with E-state index in [0.29, 0.717) is 10.8 Å². The first-order valence-electron chi connectivity index (χ1n) is 23.0. The maximum Gasteiger partial charge on any atom is 0.164 e. The third-order valence-electron chi connectivity index (χ3n) is 7.57. The maximum atomic E-state index is 10.3. The van der Waals surface area contributed by atoms with Crippen molar-refractivity contribution in [2.45, 2.75) is 0 Å². The Labute approximate surface area is 295 Å². The normalized spacial score (nSPS) is 16.7. The van der Waals surface area contributed by atoms with Crippen LogP contribution in [0.4, 0.5) is 0 Å². The molecule has 0 aliphatic heterocycles. The fraction of sp³-hybridized carbons (Fsp3) is 0. The fourth-order valence-corrected chi connectivity index (χ4v) is 5.59. The molecule has 5 heteroatoms. The van der Waals surface area contributed by atoms with Crippen molar-refractivity contribution in [2.75, 3.05) is 0 Å². The lowest BCUT2D eigenvalue weighted by Gasteiger charge is -2.14. The van der Waals surface area contributed by atoms with Gasteiger partial charge < -0.3 is 4.42 Å². The molecule has 47 heavy (non-hydrogen) atoms. The van der Waals surface area contributed by atoms with E-state index in [1.54, 1.807) is 36.4 Å². The molecular formula is C42H24N4O. The number of aromatic nitrogens is 3. The van der Waals surface area contributed by atoms with Gasteiger partial charge in [0.25, 0.3) is 0 Å². The molecule has 0 N–H and O–H groups in total. The lowest BCUT2D eigenvalue weighted by molar-refractivity contribution is 0.669. The average Bonchev–Trinajstić information content (AvgIpc) is 3.70. The van der Waals surface area contributed by atoms with Gasteiger partial charge in [0, 0.05) is 32.8 Å². The second-order valence-corrected chi connectivity index (χ2v) is 10.1. The predicted molar refractivity (Wildman–Crippen MR) is 189 cm³/mol. The predicted octanol–water partition coefficient (Wildman–Crippen LogP) is 10.6. The Morgan fingerprint density at radius 3 is 1.98 bits per heavy atom. The van der Waals surface area contributed by atoms with Crippen LogP contribution in [-0.2, 0) is 0 Å². The van der Waals surface area contributed by atoms with E-state index in [1.165, 1.54) is 0 Å². The quantitative estimate of drug-likeness (QED) is 0.196. The Balaban J connectivity index is 1.44. The van der Waals surface area contributed by atoms with E-state index in [-0.39, 0.29) is 49.6 Å². The highest BCUT2D eigenvalue weighted by atomic mass is 16.3. The Morgan fingerprint density at radius 2 is 1.15 bits per heavy atom. The van der Waals surface area contributed by atoms with E-state index in [2.05, 4.69) is 9.97 Å². The van der Waals surface area contributed by atoms with E-state index < -0.39 is 143 Å². The summed E-state index contributed by atoms with van der Waals surface area (Å²) < 4.78 is 161. The van der Waals surface area contributed by atoms with Crippen LogP contribution in [0.15, 0.2) is 150 Å². The van der Waals surface area contributed by atoms with E-state index in [0.717, 1.165) is 0 Å². The van der Waals surface area contributed by atoms with Crippen molar-refractivity contribution >= 4 is 43.5 Å². The number of fused-ring (bicyclic) bond motifs is 5. The highest BCUT2D eigenvalue weighted by Gasteiger charge is 2.19. The van der Waals surface area contributed by atoms with Gasteiger partial charge in [0.1, 0.15) is 11.2 Å². The van der Waals surface area contributed by atoms with Gasteiger partial charge in [-0.2, -0.15) is 5.26 Å². The molecule has 7 aromatic carbocycles. The highest BCUT2D eigenvalue weighted by Crippen LogP contribution is 2.40. The molecule has 0 radical (unpaired) electrons. The van der Waals surface area contributed by atoms with Crippen molar-refractivity contribution in [3.63, 3.8) is 0 Å². The summed E-state index contributed by atoms with van der Waals surface area (Å²) in [6.07, 6.45) is 0. The number of benzene rings is 7. The summed E-state index contributed by atoms with van der Waals surface area (Å²) in [5.41, 5.74) is -1.80. The third-order valence-corrected chi connectivity index (χ3v) is 7.57. The number of nitriles is 1. The summed E-state index contributed by atoms with van der Waals surface area (Å²) in [5, 5.41) is 9.93. The molecule has 0 fully saturated rings. The average molecular weight is 619 g/mol. The first-order chi connectivity index (χ1) is 30.7. The molecule has 0 saturated heterocycles. The van der Waals surface area contributed by atoms with Crippen LogP contribution < -0.4 is 0 Å². The molecule has 218 valence electrons. The van der Waals surface area contributed by atoms with E-state index in [1.807, 2.05) is 6.07 Å². The smallest absolute Gasteiger partial charge is 0.164 e. The van der Waals surface area contributed by atoms with Crippen LogP contribution in [-0.4, -0.2) is 15.0 Å². The maximum absolute atomic E-state index is 10.3. The number of para-hydroxylation sites is 1. The van der Waals surface area contributed by atoms with Crippen LogP contribution in [0.1, 0.15) is 30.2 Å². The summed E-state index contributed by atoms with van der Waals surface area (Å²) in [6, 6.07) is -0.456. The number of furan rings is 1. The molecule has 2 heterocycles. The number of hydrogen-bond acceptors (Lipinski definition) is 5. The summed E-state index contributed by atoms with van der Waals surface area (Å²) in [4.78, 5) is 13.8. The minimum atomic E-state index is -0.737. The van der Waals surface area contributed by atoms with Crippen molar-refractivity contribution in [2.24, 2.45) is 0 Å². The monoisotopic (exact) mass is 618 g/mol. The molecule has 2 aromatic heterocycles. The summed E-state index contributed by atoms with van der Waals surface area (Å²) >= 11 is 0. The molecule has 0 saturated carbocycles. The molecule has 9 aromatic rings. The SMILES string of the molecule is [2H]c1c([2H])c([2H])c(-c2nc(-c3cccc4c(-c5c([2H])c([2H])c([2H])c6c([2H])c([2H])c([2H])c(C#N)c56)cccc34)nc(-c3c([2H])c([2H])c([2H])c4oc5c([2H])c([2H])c([2H])c([2H])c5c34)n2)c([2H])c1[2H]. The summed E-state index contributed by atoms with van der Waals surface area (Å²) in [6.45, 7) is 0.